The molecule has 4 heteroatoms. The SMILES string of the molecule is C[C@@H](O)[C@@H](N)CCCCCC(=O)O. The Balaban J connectivity index is 3.21. The van der Waals surface area contributed by atoms with Gasteiger partial charge in [0.25, 0.3) is 0 Å². The molecule has 0 rings (SSSR count). The third-order valence-electron chi connectivity index (χ3n) is 2.05. The number of hydrogen-bond acceptors (Lipinski definition) is 3. The number of carboxylic acid groups (broad SMARTS) is 1. The van der Waals surface area contributed by atoms with Crippen LogP contribution in [0.15, 0.2) is 0 Å². The lowest BCUT2D eigenvalue weighted by atomic mass is 10.0. The van der Waals surface area contributed by atoms with E-state index in [-0.39, 0.29) is 12.5 Å². The second-order valence-electron chi connectivity index (χ2n) is 3.40. The first kappa shape index (κ1) is 12.4. The van der Waals surface area contributed by atoms with Crippen molar-refractivity contribution in [2.45, 2.75) is 51.2 Å². The lowest BCUT2D eigenvalue weighted by Gasteiger charge is -2.13. The maximum Gasteiger partial charge on any atom is 0.303 e. The third-order valence-corrected chi connectivity index (χ3v) is 2.05. The van der Waals surface area contributed by atoms with Crippen LogP contribution in [0.1, 0.15) is 39.0 Å². The second kappa shape index (κ2) is 6.86. The van der Waals surface area contributed by atoms with Gasteiger partial charge >= 0.3 is 5.97 Å². The van der Waals surface area contributed by atoms with E-state index in [9.17, 15) is 4.79 Å². The monoisotopic (exact) mass is 189 g/mol. The van der Waals surface area contributed by atoms with Crippen molar-refractivity contribution in [1.29, 1.82) is 0 Å². The van der Waals surface area contributed by atoms with Crippen molar-refractivity contribution in [3.8, 4) is 0 Å². The molecule has 0 spiro atoms. The first-order valence-corrected chi connectivity index (χ1v) is 4.69. The minimum atomic E-state index is -0.750. The van der Waals surface area contributed by atoms with E-state index in [0.717, 1.165) is 19.3 Å². The Morgan fingerprint density at radius 3 is 2.46 bits per heavy atom. The van der Waals surface area contributed by atoms with E-state index < -0.39 is 12.1 Å². The van der Waals surface area contributed by atoms with Crippen LogP contribution in [0.25, 0.3) is 0 Å². The van der Waals surface area contributed by atoms with Crippen LogP contribution < -0.4 is 5.73 Å². The average molecular weight is 189 g/mol. The maximum absolute atomic E-state index is 10.1. The summed E-state index contributed by atoms with van der Waals surface area (Å²) in [6.45, 7) is 1.67. The summed E-state index contributed by atoms with van der Waals surface area (Å²) in [5.41, 5.74) is 5.59. The maximum atomic E-state index is 10.1. The molecule has 0 aromatic carbocycles. The highest BCUT2D eigenvalue weighted by Gasteiger charge is 2.08. The quantitative estimate of drug-likeness (QED) is 0.515. The first-order valence-electron chi connectivity index (χ1n) is 4.69. The van der Waals surface area contributed by atoms with E-state index in [1.165, 1.54) is 0 Å². The molecule has 0 saturated heterocycles. The summed E-state index contributed by atoms with van der Waals surface area (Å²) >= 11 is 0. The van der Waals surface area contributed by atoms with Crippen LogP contribution in [0.5, 0.6) is 0 Å². The van der Waals surface area contributed by atoms with Gasteiger partial charge in [0.1, 0.15) is 0 Å². The van der Waals surface area contributed by atoms with Crippen molar-refractivity contribution in [2.75, 3.05) is 0 Å². The van der Waals surface area contributed by atoms with E-state index in [1.807, 2.05) is 0 Å². The van der Waals surface area contributed by atoms with Crippen molar-refractivity contribution in [3.63, 3.8) is 0 Å². The van der Waals surface area contributed by atoms with Gasteiger partial charge < -0.3 is 15.9 Å². The minimum absolute atomic E-state index is 0.176. The molecule has 0 aliphatic heterocycles. The summed E-state index contributed by atoms with van der Waals surface area (Å²) in [5.74, 6) is -0.750. The number of hydrogen-bond donors (Lipinski definition) is 3. The van der Waals surface area contributed by atoms with Crippen molar-refractivity contribution in [3.05, 3.63) is 0 Å². The standard InChI is InChI=1S/C9H19NO3/c1-7(11)8(10)5-3-2-4-6-9(12)13/h7-8,11H,2-6,10H2,1H3,(H,12,13)/t7-,8+/m1/s1. The normalized spacial score (nSPS) is 15.3. The van der Waals surface area contributed by atoms with Crippen LogP contribution in [0.2, 0.25) is 0 Å². The molecule has 0 aliphatic rings. The van der Waals surface area contributed by atoms with E-state index in [0.29, 0.717) is 6.42 Å². The van der Waals surface area contributed by atoms with Gasteiger partial charge in [-0.2, -0.15) is 0 Å². The van der Waals surface area contributed by atoms with Crippen LogP contribution in [-0.2, 0) is 4.79 Å². The van der Waals surface area contributed by atoms with Crippen LogP contribution >= 0.6 is 0 Å². The molecule has 0 radical (unpaired) electrons. The largest absolute Gasteiger partial charge is 0.481 e. The predicted octanol–water partition coefficient (Wildman–Crippen LogP) is 0.730. The molecule has 0 aromatic rings. The van der Waals surface area contributed by atoms with Crippen molar-refractivity contribution in [1.82, 2.24) is 0 Å². The number of aliphatic hydroxyl groups excluding tert-OH is 1. The summed E-state index contributed by atoms with van der Waals surface area (Å²) in [4.78, 5) is 10.1. The molecular weight excluding hydrogens is 170 g/mol. The number of carbonyl (C=O) groups is 1. The summed E-state index contributed by atoms with van der Waals surface area (Å²) in [6, 6.07) is -0.176. The van der Waals surface area contributed by atoms with E-state index in [1.54, 1.807) is 6.92 Å². The molecule has 0 amide bonds. The Kier molecular flexibility index (Phi) is 6.54. The molecule has 0 aromatic heterocycles. The van der Waals surface area contributed by atoms with E-state index in [4.69, 9.17) is 15.9 Å². The second-order valence-corrected chi connectivity index (χ2v) is 3.40. The van der Waals surface area contributed by atoms with Gasteiger partial charge in [-0.3, -0.25) is 4.79 Å². The number of aliphatic carboxylic acids is 1. The summed E-state index contributed by atoms with van der Waals surface area (Å²) < 4.78 is 0. The third kappa shape index (κ3) is 7.74. The molecule has 0 fully saturated rings. The molecule has 2 atom stereocenters. The lowest BCUT2D eigenvalue weighted by Crippen LogP contribution is -2.32. The molecule has 78 valence electrons. The Morgan fingerprint density at radius 2 is 2.00 bits per heavy atom. The van der Waals surface area contributed by atoms with Gasteiger partial charge in [-0.05, 0) is 19.8 Å². The number of aliphatic hydroxyl groups is 1. The highest BCUT2D eigenvalue weighted by Crippen LogP contribution is 2.06. The average Bonchev–Trinajstić information content (AvgIpc) is 2.02. The lowest BCUT2D eigenvalue weighted by molar-refractivity contribution is -0.137. The fourth-order valence-corrected chi connectivity index (χ4v) is 1.07. The topological polar surface area (TPSA) is 83.5 Å². The smallest absolute Gasteiger partial charge is 0.303 e. The molecule has 0 aliphatic carbocycles. The van der Waals surface area contributed by atoms with Gasteiger partial charge in [0, 0.05) is 12.5 Å². The Bertz CT molecular complexity index is 148. The number of unbranched alkanes of at least 4 members (excludes halogenated alkanes) is 2. The molecule has 4 N–H and O–H groups in total. The van der Waals surface area contributed by atoms with Crippen LogP contribution in [-0.4, -0.2) is 28.3 Å². The zero-order valence-electron chi connectivity index (χ0n) is 8.07. The number of carboxylic acids is 1. The fourth-order valence-electron chi connectivity index (χ4n) is 1.07. The summed E-state index contributed by atoms with van der Waals surface area (Å²) in [5, 5.41) is 17.4. The molecule has 0 unspecified atom stereocenters. The van der Waals surface area contributed by atoms with Gasteiger partial charge in [-0.1, -0.05) is 12.8 Å². The number of nitrogens with two attached hydrogens (primary N) is 1. The van der Waals surface area contributed by atoms with Gasteiger partial charge in [0.05, 0.1) is 6.10 Å². The molecule has 4 nitrogen and oxygen atoms in total. The molecule has 0 heterocycles. The summed E-state index contributed by atoms with van der Waals surface area (Å²) in [7, 11) is 0. The zero-order chi connectivity index (χ0) is 10.3. The molecule has 0 saturated carbocycles. The first-order chi connectivity index (χ1) is 6.04. The Labute approximate surface area is 78.7 Å². The van der Waals surface area contributed by atoms with Gasteiger partial charge in [-0.15, -0.1) is 0 Å². The van der Waals surface area contributed by atoms with Crippen molar-refractivity contribution < 1.29 is 15.0 Å². The number of rotatable bonds is 7. The van der Waals surface area contributed by atoms with Gasteiger partial charge in [-0.25, -0.2) is 0 Å². The minimum Gasteiger partial charge on any atom is -0.481 e. The van der Waals surface area contributed by atoms with Crippen molar-refractivity contribution in [2.24, 2.45) is 5.73 Å². The van der Waals surface area contributed by atoms with Crippen LogP contribution in [0.4, 0.5) is 0 Å². The summed E-state index contributed by atoms with van der Waals surface area (Å²) in [6.07, 6.45) is 2.97. The van der Waals surface area contributed by atoms with E-state index in [2.05, 4.69) is 0 Å². The highest BCUT2D eigenvalue weighted by molar-refractivity contribution is 5.66. The molecular formula is C9H19NO3. The Hall–Kier alpha value is -0.610. The fraction of sp³-hybridized carbons (Fsp3) is 0.889. The highest BCUT2D eigenvalue weighted by atomic mass is 16.4. The Morgan fingerprint density at radius 1 is 1.38 bits per heavy atom. The van der Waals surface area contributed by atoms with Crippen molar-refractivity contribution >= 4 is 5.97 Å². The van der Waals surface area contributed by atoms with Gasteiger partial charge in [0.2, 0.25) is 0 Å². The van der Waals surface area contributed by atoms with Gasteiger partial charge in [0.15, 0.2) is 0 Å². The predicted molar refractivity (Wildman–Crippen MR) is 50.4 cm³/mol. The van der Waals surface area contributed by atoms with Crippen LogP contribution in [0.3, 0.4) is 0 Å². The van der Waals surface area contributed by atoms with E-state index >= 15 is 0 Å². The molecule has 13 heavy (non-hydrogen) atoms. The molecule has 0 bridgehead atoms. The van der Waals surface area contributed by atoms with Crippen LogP contribution in [0, 0.1) is 0 Å². The zero-order valence-corrected chi connectivity index (χ0v) is 8.07.